The van der Waals surface area contributed by atoms with Crippen molar-refractivity contribution in [1.82, 2.24) is 4.90 Å². The van der Waals surface area contributed by atoms with Gasteiger partial charge >= 0.3 is 0 Å². The van der Waals surface area contributed by atoms with E-state index in [4.69, 9.17) is 4.74 Å². The van der Waals surface area contributed by atoms with Crippen LogP contribution in [-0.2, 0) is 6.54 Å². The molecule has 1 aliphatic heterocycles. The van der Waals surface area contributed by atoms with Gasteiger partial charge in [0.2, 0.25) is 0 Å². The van der Waals surface area contributed by atoms with E-state index >= 15 is 0 Å². The van der Waals surface area contributed by atoms with E-state index in [-0.39, 0.29) is 5.75 Å². The monoisotopic (exact) mass is 277 g/mol. The van der Waals surface area contributed by atoms with Crippen LogP contribution in [0.15, 0.2) is 18.2 Å². The van der Waals surface area contributed by atoms with E-state index in [1.54, 1.807) is 6.07 Å². The second kappa shape index (κ2) is 7.53. The molecule has 2 rings (SSSR count). The molecule has 0 saturated carbocycles. The third-order valence-electron chi connectivity index (χ3n) is 4.25. The van der Waals surface area contributed by atoms with Gasteiger partial charge in [0.15, 0.2) is 11.5 Å². The molecule has 0 radical (unpaired) electrons. The minimum atomic E-state index is 0.234. The molecule has 0 bridgehead atoms. The summed E-state index contributed by atoms with van der Waals surface area (Å²) >= 11 is 0. The van der Waals surface area contributed by atoms with E-state index in [0.717, 1.165) is 12.5 Å². The van der Waals surface area contributed by atoms with E-state index in [0.29, 0.717) is 12.4 Å². The zero-order valence-electron chi connectivity index (χ0n) is 12.8. The predicted octanol–water partition coefficient (Wildman–Crippen LogP) is 3.80. The normalized spacial score (nSPS) is 20.6. The zero-order chi connectivity index (χ0) is 14.4. The molecule has 0 spiro atoms. The van der Waals surface area contributed by atoms with Crippen molar-refractivity contribution in [1.29, 1.82) is 0 Å². The van der Waals surface area contributed by atoms with Gasteiger partial charge in [-0.3, -0.25) is 4.90 Å². The maximum atomic E-state index is 9.74. The molecule has 112 valence electrons. The average Bonchev–Trinajstić information content (AvgIpc) is 2.68. The van der Waals surface area contributed by atoms with Crippen molar-refractivity contribution in [3.05, 3.63) is 23.8 Å². The first kappa shape index (κ1) is 15.2. The maximum Gasteiger partial charge on any atom is 0.161 e. The SMILES string of the molecule is CCOc1cc(CN2CCCC(CC)CC2)ccc1O. The molecule has 1 aliphatic rings. The summed E-state index contributed by atoms with van der Waals surface area (Å²) in [5, 5.41) is 9.74. The quantitative estimate of drug-likeness (QED) is 0.888. The number of rotatable bonds is 5. The highest BCUT2D eigenvalue weighted by Gasteiger charge is 2.16. The number of hydrogen-bond donors (Lipinski definition) is 1. The van der Waals surface area contributed by atoms with Crippen LogP contribution in [0, 0.1) is 5.92 Å². The van der Waals surface area contributed by atoms with Gasteiger partial charge in [-0.2, -0.15) is 0 Å². The summed E-state index contributed by atoms with van der Waals surface area (Å²) in [5.74, 6) is 1.74. The summed E-state index contributed by atoms with van der Waals surface area (Å²) in [5.41, 5.74) is 1.22. The molecule has 20 heavy (non-hydrogen) atoms. The predicted molar refractivity (Wildman–Crippen MR) is 82.2 cm³/mol. The first-order valence-electron chi connectivity index (χ1n) is 7.90. The van der Waals surface area contributed by atoms with Crippen molar-refractivity contribution < 1.29 is 9.84 Å². The Bertz CT molecular complexity index is 419. The van der Waals surface area contributed by atoms with Crippen LogP contribution in [0.25, 0.3) is 0 Å². The van der Waals surface area contributed by atoms with Crippen LogP contribution < -0.4 is 4.74 Å². The number of phenolic OH excluding ortho intramolecular Hbond substituents is 1. The molecular formula is C17H27NO2. The largest absolute Gasteiger partial charge is 0.504 e. The van der Waals surface area contributed by atoms with Gasteiger partial charge < -0.3 is 9.84 Å². The van der Waals surface area contributed by atoms with E-state index in [1.165, 1.54) is 44.3 Å². The molecule has 1 saturated heterocycles. The summed E-state index contributed by atoms with van der Waals surface area (Å²) in [6, 6.07) is 5.72. The molecule has 1 N–H and O–H groups in total. The minimum Gasteiger partial charge on any atom is -0.504 e. The first-order valence-corrected chi connectivity index (χ1v) is 7.90. The molecule has 1 aromatic carbocycles. The van der Waals surface area contributed by atoms with E-state index in [1.807, 2.05) is 19.1 Å². The number of hydrogen-bond acceptors (Lipinski definition) is 3. The Labute approximate surface area is 122 Å². The van der Waals surface area contributed by atoms with Gasteiger partial charge in [-0.15, -0.1) is 0 Å². The maximum absolute atomic E-state index is 9.74. The Morgan fingerprint density at radius 3 is 2.85 bits per heavy atom. The van der Waals surface area contributed by atoms with Gasteiger partial charge in [-0.1, -0.05) is 19.4 Å². The van der Waals surface area contributed by atoms with Gasteiger partial charge in [0.05, 0.1) is 6.61 Å². The molecule has 1 unspecified atom stereocenters. The molecule has 1 aromatic rings. The van der Waals surface area contributed by atoms with Gasteiger partial charge in [0.1, 0.15) is 0 Å². The summed E-state index contributed by atoms with van der Waals surface area (Å²) in [6.07, 6.45) is 5.29. The van der Waals surface area contributed by atoms with Gasteiger partial charge in [0.25, 0.3) is 0 Å². The summed E-state index contributed by atoms with van der Waals surface area (Å²) in [4.78, 5) is 2.53. The lowest BCUT2D eigenvalue weighted by Crippen LogP contribution is -2.24. The highest BCUT2D eigenvalue weighted by molar-refractivity contribution is 5.41. The smallest absolute Gasteiger partial charge is 0.161 e. The Hall–Kier alpha value is -1.22. The lowest BCUT2D eigenvalue weighted by Gasteiger charge is -2.20. The summed E-state index contributed by atoms with van der Waals surface area (Å²) < 4.78 is 5.46. The van der Waals surface area contributed by atoms with Crippen LogP contribution >= 0.6 is 0 Å². The molecule has 1 fully saturated rings. The molecular weight excluding hydrogens is 250 g/mol. The van der Waals surface area contributed by atoms with Crippen molar-refractivity contribution >= 4 is 0 Å². The number of phenols is 1. The molecule has 0 aromatic heterocycles. The van der Waals surface area contributed by atoms with Gasteiger partial charge in [-0.05, 0) is 62.9 Å². The van der Waals surface area contributed by atoms with Crippen LogP contribution in [0.1, 0.15) is 45.1 Å². The fourth-order valence-electron chi connectivity index (χ4n) is 2.98. The molecule has 0 aliphatic carbocycles. The number of likely N-dealkylation sites (tertiary alicyclic amines) is 1. The third kappa shape index (κ3) is 4.14. The molecule has 1 atom stereocenters. The highest BCUT2D eigenvalue weighted by Crippen LogP contribution is 2.28. The summed E-state index contributed by atoms with van der Waals surface area (Å²) in [6.45, 7) is 8.14. The second-order valence-corrected chi connectivity index (χ2v) is 5.72. The molecule has 1 heterocycles. The van der Waals surface area contributed by atoms with Crippen LogP contribution in [-0.4, -0.2) is 29.7 Å². The second-order valence-electron chi connectivity index (χ2n) is 5.72. The number of nitrogens with zero attached hydrogens (tertiary/aromatic N) is 1. The molecule has 3 heteroatoms. The fraction of sp³-hybridized carbons (Fsp3) is 0.647. The number of aromatic hydroxyl groups is 1. The highest BCUT2D eigenvalue weighted by atomic mass is 16.5. The lowest BCUT2D eigenvalue weighted by molar-refractivity contribution is 0.270. The topological polar surface area (TPSA) is 32.7 Å². The Kier molecular flexibility index (Phi) is 5.72. The third-order valence-corrected chi connectivity index (χ3v) is 4.25. The lowest BCUT2D eigenvalue weighted by atomic mass is 9.98. The molecule has 0 amide bonds. The van der Waals surface area contributed by atoms with E-state index < -0.39 is 0 Å². The number of ether oxygens (including phenoxy) is 1. The van der Waals surface area contributed by atoms with Gasteiger partial charge in [0, 0.05) is 6.54 Å². The number of benzene rings is 1. The Balaban J connectivity index is 1.97. The van der Waals surface area contributed by atoms with Crippen molar-refractivity contribution in [3.8, 4) is 11.5 Å². The van der Waals surface area contributed by atoms with Crippen molar-refractivity contribution in [2.24, 2.45) is 5.92 Å². The van der Waals surface area contributed by atoms with Gasteiger partial charge in [-0.25, -0.2) is 0 Å². The van der Waals surface area contributed by atoms with E-state index in [9.17, 15) is 5.11 Å². The van der Waals surface area contributed by atoms with Crippen LogP contribution in [0.4, 0.5) is 0 Å². The first-order chi connectivity index (χ1) is 9.72. The Morgan fingerprint density at radius 1 is 1.25 bits per heavy atom. The molecule has 3 nitrogen and oxygen atoms in total. The summed E-state index contributed by atoms with van der Waals surface area (Å²) in [7, 11) is 0. The van der Waals surface area contributed by atoms with Crippen LogP contribution in [0.5, 0.6) is 11.5 Å². The van der Waals surface area contributed by atoms with Crippen LogP contribution in [0.2, 0.25) is 0 Å². The van der Waals surface area contributed by atoms with Crippen molar-refractivity contribution in [2.45, 2.75) is 46.1 Å². The average molecular weight is 277 g/mol. The van der Waals surface area contributed by atoms with E-state index in [2.05, 4.69) is 11.8 Å². The fourth-order valence-corrected chi connectivity index (χ4v) is 2.98. The minimum absolute atomic E-state index is 0.234. The standard InChI is InChI=1S/C17H27NO2/c1-3-14-6-5-10-18(11-9-14)13-15-7-8-16(19)17(12-15)20-4-2/h7-8,12,14,19H,3-6,9-11,13H2,1-2H3. The zero-order valence-corrected chi connectivity index (χ0v) is 12.8. The van der Waals surface area contributed by atoms with Crippen molar-refractivity contribution in [2.75, 3.05) is 19.7 Å². The van der Waals surface area contributed by atoms with Crippen LogP contribution in [0.3, 0.4) is 0 Å². The Morgan fingerprint density at radius 2 is 2.10 bits per heavy atom. The van der Waals surface area contributed by atoms with Crippen molar-refractivity contribution in [3.63, 3.8) is 0 Å².